The Bertz CT molecular complexity index is 425. The van der Waals surface area contributed by atoms with Crippen LogP contribution in [0.5, 0.6) is 0 Å². The van der Waals surface area contributed by atoms with Crippen LogP contribution in [0.2, 0.25) is 0 Å². The maximum Gasteiger partial charge on any atom is 0.216 e. The average molecular weight is 199 g/mol. The van der Waals surface area contributed by atoms with Crippen molar-refractivity contribution in [2.75, 3.05) is 0 Å². The maximum atomic E-state index is 4.93. The maximum absolute atomic E-state index is 4.93. The summed E-state index contributed by atoms with van der Waals surface area (Å²) in [5.74, 6) is 0.720. The van der Waals surface area contributed by atoms with Gasteiger partial charge in [-0.3, -0.25) is 9.78 Å². The summed E-state index contributed by atoms with van der Waals surface area (Å²) in [5, 5.41) is 6.68. The van der Waals surface area contributed by atoms with Gasteiger partial charge in [0.15, 0.2) is 5.82 Å². The minimum absolute atomic E-state index is 0.526. The molecule has 0 saturated heterocycles. The number of aromatic amines is 1. The predicted molar refractivity (Wildman–Crippen MR) is 47.3 cm³/mol. The molecule has 2 aromatic heterocycles. The summed E-state index contributed by atoms with van der Waals surface area (Å²) in [6.45, 7) is 0. The lowest BCUT2D eigenvalue weighted by Crippen LogP contribution is -1.88. The number of hydrogen-bond acceptors (Lipinski definition) is 5. The fraction of sp³-hybridized carbons (Fsp3) is 0.200. The number of nitrogens with one attached hydrogen (secondary N) is 1. The Kier molecular flexibility index (Phi) is 1.74. The molecule has 7 heteroatoms. The van der Waals surface area contributed by atoms with Gasteiger partial charge >= 0.3 is 0 Å². The summed E-state index contributed by atoms with van der Waals surface area (Å²) in [6, 6.07) is 0. The van der Waals surface area contributed by atoms with Gasteiger partial charge in [-0.1, -0.05) is 4.49 Å². The fourth-order valence-corrected chi connectivity index (χ4v) is 1.38. The normalized spacial score (nSPS) is 10.4. The number of H-pyrrole nitrogens is 1. The predicted octanol–water partition coefficient (Wildman–Crippen LogP) is 0.996. The zero-order valence-corrected chi connectivity index (χ0v) is 7.82. The van der Waals surface area contributed by atoms with E-state index in [9.17, 15) is 0 Å². The van der Waals surface area contributed by atoms with Crippen LogP contribution >= 0.6 is 23.8 Å². The van der Waals surface area contributed by atoms with Crippen LogP contribution in [0.3, 0.4) is 0 Å². The highest BCUT2D eigenvalue weighted by atomic mass is 32.1. The minimum Gasteiger partial charge on any atom is -0.279 e. The van der Waals surface area contributed by atoms with Crippen LogP contribution in [0.1, 0.15) is 0 Å². The number of aryl methyl sites for hydroxylation is 1. The summed E-state index contributed by atoms with van der Waals surface area (Å²) in [7, 11) is 1.81. The van der Waals surface area contributed by atoms with Crippen LogP contribution in [-0.4, -0.2) is 24.4 Å². The van der Waals surface area contributed by atoms with Gasteiger partial charge in [-0.25, -0.2) is 0 Å². The monoisotopic (exact) mass is 199 g/mol. The topological polar surface area (TPSA) is 59.4 Å². The van der Waals surface area contributed by atoms with Gasteiger partial charge in [0.1, 0.15) is 4.88 Å². The quantitative estimate of drug-likeness (QED) is 0.696. The van der Waals surface area contributed by atoms with E-state index in [0.29, 0.717) is 4.77 Å². The van der Waals surface area contributed by atoms with Crippen molar-refractivity contribution >= 4 is 23.8 Å². The third-order valence-corrected chi connectivity index (χ3v) is 2.40. The van der Waals surface area contributed by atoms with E-state index in [2.05, 4.69) is 19.7 Å². The zero-order chi connectivity index (χ0) is 8.55. The van der Waals surface area contributed by atoms with Gasteiger partial charge in [0.2, 0.25) is 4.77 Å². The SMILES string of the molecule is Cn1[nH]c(-c2cnns2)nc1=S. The lowest BCUT2D eigenvalue weighted by Gasteiger charge is -1.86. The van der Waals surface area contributed by atoms with Crippen LogP contribution in [0.15, 0.2) is 6.20 Å². The highest BCUT2D eigenvalue weighted by Crippen LogP contribution is 2.15. The van der Waals surface area contributed by atoms with Gasteiger partial charge in [-0.2, -0.15) is 4.98 Å². The number of nitrogens with zero attached hydrogens (tertiary/aromatic N) is 4. The molecule has 62 valence electrons. The van der Waals surface area contributed by atoms with Gasteiger partial charge in [0.25, 0.3) is 0 Å². The van der Waals surface area contributed by atoms with Crippen LogP contribution in [0, 0.1) is 4.77 Å². The molecule has 2 rings (SSSR count). The summed E-state index contributed by atoms with van der Waals surface area (Å²) in [4.78, 5) is 5.00. The van der Waals surface area contributed by atoms with Crippen molar-refractivity contribution in [3.63, 3.8) is 0 Å². The second kappa shape index (κ2) is 2.76. The molecule has 0 saturated carbocycles. The van der Waals surface area contributed by atoms with Crippen LogP contribution < -0.4 is 0 Å². The molecule has 0 aliphatic carbocycles. The summed E-state index contributed by atoms with van der Waals surface area (Å²) >= 11 is 6.22. The smallest absolute Gasteiger partial charge is 0.216 e. The van der Waals surface area contributed by atoms with Crippen molar-refractivity contribution in [1.82, 2.24) is 24.4 Å². The lowest BCUT2D eigenvalue weighted by atomic mass is 10.5. The molecule has 0 unspecified atom stereocenters. The van der Waals surface area contributed by atoms with E-state index in [4.69, 9.17) is 12.2 Å². The molecule has 0 aliphatic heterocycles. The third kappa shape index (κ3) is 1.16. The first-order chi connectivity index (χ1) is 5.77. The molecule has 0 atom stereocenters. The highest BCUT2D eigenvalue weighted by Gasteiger charge is 2.04. The molecule has 0 radical (unpaired) electrons. The number of rotatable bonds is 1. The lowest BCUT2D eigenvalue weighted by molar-refractivity contribution is 0.756. The van der Waals surface area contributed by atoms with Crippen molar-refractivity contribution < 1.29 is 0 Å². The van der Waals surface area contributed by atoms with E-state index in [1.54, 1.807) is 10.9 Å². The average Bonchev–Trinajstić information content (AvgIpc) is 2.61. The van der Waals surface area contributed by atoms with Gasteiger partial charge in [0.05, 0.1) is 6.20 Å². The first-order valence-electron chi connectivity index (χ1n) is 3.18. The van der Waals surface area contributed by atoms with Gasteiger partial charge < -0.3 is 0 Å². The summed E-state index contributed by atoms with van der Waals surface area (Å²) in [6.07, 6.45) is 1.65. The molecule has 5 nitrogen and oxygen atoms in total. The molecule has 0 bridgehead atoms. The summed E-state index contributed by atoms with van der Waals surface area (Å²) < 4.78 is 5.92. The molecule has 2 heterocycles. The molecule has 2 aromatic rings. The molecule has 0 aliphatic rings. The minimum atomic E-state index is 0.526. The Hall–Kier alpha value is -1.08. The van der Waals surface area contributed by atoms with E-state index in [1.165, 1.54) is 11.5 Å². The standard InChI is InChI=1S/C5H5N5S2/c1-10-5(11)7-4(8-10)3-2-6-9-12-3/h2H,1H3,(H,7,8,11). The molecular formula is C5H5N5S2. The van der Waals surface area contributed by atoms with Crippen molar-refractivity contribution in [2.45, 2.75) is 0 Å². The van der Waals surface area contributed by atoms with Crippen molar-refractivity contribution in [3.05, 3.63) is 11.0 Å². The second-order valence-electron chi connectivity index (χ2n) is 2.20. The van der Waals surface area contributed by atoms with Crippen molar-refractivity contribution in [3.8, 4) is 10.7 Å². The van der Waals surface area contributed by atoms with E-state index >= 15 is 0 Å². The van der Waals surface area contributed by atoms with E-state index in [-0.39, 0.29) is 0 Å². The Morgan fingerprint density at radius 3 is 3.00 bits per heavy atom. The Labute approximate surface area is 77.2 Å². The highest BCUT2D eigenvalue weighted by molar-refractivity contribution is 7.71. The molecule has 0 spiro atoms. The van der Waals surface area contributed by atoms with Gasteiger partial charge in [-0.15, -0.1) is 5.10 Å². The molecule has 0 fully saturated rings. The molecular weight excluding hydrogens is 194 g/mol. The van der Waals surface area contributed by atoms with Crippen LogP contribution in [0.4, 0.5) is 0 Å². The molecule has 1 N–H and O–H groups in total. The van der Waals surface area contributed by atoms with Crippen molar-refractivity contribution in [1.29, 1.82) is 0 Å². The largest absolute Gasteiger partial charge is 0.279 e. The molecule has 0 amide bonds. The van der Waals surface area contributed by atoms with E-state index in [0.717, 1.165) is 10.7 Å². The number of aromatic nitrogens is 5. The second-order valence-corrected chi connectivity index (χ2v) is 3.35. The first kappa shape index (κ1) is 7.56. The van der Waals surface area contributed by atoms with Crippen molar-refractivity contribution in [2.24, 2.45) is 7.05 Å². The Morgan fingerprint density at radius 1 is 1.67 bits per heavy atom. The molecule has 12 heavy (non-hydrogen) atoms. The van der Waals surface area contributed by atoms with Crippen LogP contribution in [-0.2, 0) is 7.05 Å². The zero-order valence-electron chi connectivity index (χ0n) is 6.18. The molecule has 0 aromatic carbocycles. The fourth-order valence-electron chi connectivity index (χ4n) is 0.784. The third-order valence-electron chi connectivity index (χ3n) is 1.36. The van der Waals surface area contributed by atoms with Crippen LogP contribution in [0.25, 0.3) is 10.7 Å². The first-order valence-corrected chi connectivity index (χ1v) is 4.36. The van der Waals surface area contributed by atoms with E-state index < -0.39 is 0 Å². The Morgan fingerprint density at radius 2 is 2.50 bits per heavy atom. The Balaban J connectivity index is 2.56. The van der Waals surface area contributed by atoms with Gasteiger partial charge in [0, 0.05) is 7.05 Å². The number of hydrogen-bond donors (Lipinski definition) is 1. The van der Waals surface area contributed by atoms with E-state index in [1.807, 2.05) is 7.05 Å². The summed E-state index contributed by atoms with van der Waals surface area (Å²) in [5.41, 5.74) is 0. The van der Waals surface area contributed by atoms with Gasteiger partial charge in [-0.05, 0) is 23.8 Å².